The molecule has 0 unspecified atom stereocenters. The number of anilines is 1. The number of nitrogens with one attached hydrogen (secondary N) is 1. The Morgan fingerprint density at radius 1 is 1.39 bits per heavy atom. The van der Waals surface area contributed by atoms with Crippen LogP contribution in [0.25, 0.3) is 10.2 Å². The normalized spacial score (nSPS) is 10.9. The second-order valence-corrected chi connectivity index (χ2v) is 5.11. The number of fused-ring (bicyclic) bond motifs is 1. The molecule has 1 aromatic carbocycles. The molecule has 0 bridgehead atoms. The number of aromatic nitrogens is 4. The molecule has 0 fully saturated rings. The van der Waals surface area contributed by atoms with Gasteiger partial charge in [-0.2, -0.15) is 0 Å². The Morgan fingerprint density at radius 3 is 3.17 bits per heavy atom. The standard InChI is InChI=1S/C12H13N5S/c1-9-2-3-10-11(8-9)18-12(15-10)13-4-6-17-7-5-14-16-17/h2-3,5,7-8H,4,6H2,1H3,(H,13,15). The van der Waals surface area contributed by atoms with Crippen LogP contribution in [0.15, 0.2) is 30.6 Å². The van der Waals surface area contributed by atoms with Gasteiger partial charge in [-0.05, 0) is 24.6 Å². The molecule has 18 heavy (non-hydrogen) atoms. The number of nitrogens with zero attached hydrogens (tertiary/aromatic N) is 4. The first-order valence-electron chi connectivity index (χ1n) is 5.76. The molecule has 0 aliphatic heterocycles. The van der Waals surface area contributed by atoms with Gasteiger partial charge in [0.1, 0.15) is 0 Å². The fraction of sp³-hybridized carbons (Fsp3) is 0.250. The topological polar surface area (TPSA) is 55.6 Å². The van der Waals surface area contributed by atoms with Crippen molar-refractivity contribution in [3.63, 3.8) is 0 Å². The number of rotatable bonds is 4. The summed E-state index contributed by atoms with van der Waals surface area (Å²) in [6.07, 6.45) is 3.53. The van der Waals surface area contributed by atoms with E-state index in [9.17, 15) is 0 Å². The molecule has 5 nitrogen and oxygen atoms in total. The molecule has 0 atom stereocenters. The lowest BCUT2D eigenvalue weighted by Gasteiger charge is -2.01. The summed E-state index contributed by atoms with van der Waals surface area (Å²) in [5.41, 5.74) is 2.31. The van der Waals surface area contributed by atoms with Gasteiger partial charge in [-0.1, -0.05) is 22.6 Å². The quantitative estimate of drug-likeness (QED) is 0.781. The number of benzene rings is 1. The van der Waals surface area contributed by atoms with Gasteiger partial charge in [-0.15, -0.1) is 5.10 Å². The molecule has 0 radical (unpaired) electrons. The Morgan fingerprint density at radius 2 is 2.33 bits per heavy atom. The monoisotopic (exact) mass is 259 g/mol. The molecular weight excluding hydrogens is 246 g/mol. The van der Waals surface area contributed by atoms with Gasteiger partial charge in [0.2, 0.25) is 0 Å². The molecule has 1 N–H and O–H groups in total. The van der Waals surface area contributed by atoms with E-state index < -0.39 is 0 Å². The van der Waals surface area contributed by atoms with E-state index in [4.69, 9.17) is 0 Å². The maximum Gasteiger partial charge on any atom is 0.183 e. The van der Waals surface area contributed by atoms with Crippen molar-refractivity contribution in [1.82, 2.24) is 20.0 Å². The second-order valence-electron chi connectivity index (χ2n) is 4.08. The highest BCUT2D eigenvalue weighted by atomic mass is 32.1. The van der Waals surface area contributed by atoms with Crippen LogP contribution < -0.4 is 5.32 Å². The smallest absolute Gasteiger partial charge is 0.183 e. The van der Waals surface area contributed by atoms with Crippen LogP contribution in [0.4, 0.5) is 5.13 Å². The zero-order valence-electron chi connectivity index (χ0n) is 10.00. The third-order valence-electron chi connectivity index (χ3n) is 2.63. The summed E-state index contributed by atoms with van der Waals surface area (Å²) in [7, 11) is 0. The van der Waals surface area contributed by atoms with Crippen LogP contribution in [-0.4, -0.2) is 26.5 Å². The zero-order chi connectivity index (χ0) is 12.4. The van der Waals surface area contributed by atoms with E-state index >= 15 is 0 Å². The van der Waals surface area contributed by atoms with Crippen molar-refractivity contribution in [3.8, 4) is 0 Å². The number of aryl methyl sites for hydroxylation is 1. The number of hydrogen-bond donors (Lipinski definition) is 1. The van der Waals surface area contributed by atoms with E-state index in [1.54, 1.807) is 22.2 Å². The summed E-state index contributed by atoms with van der Waals surface area (Å²) in [6, 6.07) is 6.31. The van der Waals surface area contributed by atoms with E-state index in [1.165, 1.54) is 10.3 Å². The lowest BCUT2D eigenvalue weighted by Crippen LogP contribution is -2.10. The van der Waals surface area contributed by atoms with Gasteiger partial charge in [-0.25, -0.2) is 4.98 Å². The fourth-order valence-electron chi connectivity index (χ4n) is 1.74. The molecule has 0 spiro atoms. The van der Waals surface area contributed by atoms with E-state index in [0.29, 0.717) is 0 Å². The average Bonchev–Trinajstić information content (AvgIpc) is 2.97. The lowest BCUT2D eigenvalue weighted by atomic mass is 10.2. The van der Waals surface area contributed by atoms with Gasteiger partial charge in [0, 0.05) is 12.7 Å². The van der Waals surface area contributed by atoms with E-state index in [0.717, 1.165) is 23.7 Å². The van der Waals surface area contributed by atoms with Crippen LogP contribution in [0, 0.1) is 6.92 Å². The molecule has 2 aromatic heterocycles. The molecule has 2 heterocycles. The molecule has 3 aromatic rings. The van der Waals surface area contributed by atoms with Crippen molar-refractivity contribution in [2.75, 3.05) is 11.9 Å². The predicted molar refractivity (Wildman–Crippen MR) is 72.9 cm³/mol. The Kier molecular flexibility index (Phi) is 2.93. The third kappa shape index (κ3) is 2.33. The predicted octanol–water partition coefficient (Wildman–Crippen LogP) is 2.31. The molecule has 0 aliphatic rings. The van der Waals surface area contributed by atoms with Gasteiger partial charge in [-0.3, -0.25) is 4.68 Å². The number of thiazole rings is 1. The van der Waals surface area contributed by atoms with Crippen LogP contribution in [-0.2, 0) is 6.54 Å². The van der Waals surface area contributed by atoms with Gasteiger partial charge in [0.25, 0.3) is 0 Å². The molecular formula is C12H13N5S. The first kappa shape index (κ1) is 11.2. The van der Waals surface area contributed by atoms with E-state index in [1.807, 2.05) is 6.20 Å². The zero-order valence-corrected chi connectivity index (χ0v) is 10.8. The van der Waals surface area contributed by atoms with Crippen molar-refractivity contribution in [1.29, 1.82) is 0 Å². The van der Waals surface area contributed by atoms with Gasteiger partial charge >= 0.3 is 0 Å². The SMILES string of the molecule is Cc1ccc2nc(NCCn3ccnn3)sc2c1. The summed E-state index contributed by atoms with van der Waals surface area (Å²) in [5, 5.41) is 11.9. The van der Waals surface area contributed by atoms with Gasteiger partial charge in [0.15, 0.2) is 5.13 Å². The Labute approximate surface area is 108 Å². The molecule has 0 amide bonds. The fourth-order valence-corrected chi connectivity index (χ4v) is 2.73. The summed E-state index contributed by atoms with van der Waals surface area (Å²) in [5.74, 6) is 0. The highest BCUT2D eigenvalue weighted by molar-refractivity contribution is 7.22. The van der Waals surface area contributed by atoms with Crippen LogP contribution in [0.3, 0.4) is 0 Å². The molecule has 0 saturated carbocycles. The summed E-state index contributed by atoms with van der Waals surface area (Å²) < 4.78 is 3.02. The van der Waals surface area contributed by atoms with Crippen LogP contribution in [0.5, 0.6) is 0 Å². The Bertz CT molecular complexity index is 644. The first-order valence-corrected chi connectivity index (χ1v) is 6.58. The third-order valence-corrected chi connectivity index (χ3v) is 3.61. The second kappa shape index (κ2) is 4.73. The largest absolute Gasteiger partial charge is 0.360 e. The maximum atomic E-state index is 4.53. The van der Waals surface area contributed by atoms with Crippen molar-refractivity contribution in [3.05, 3.63) is 36.2 Å². The minimum Gasteiger partial charge on any atom is -0.360 e. The molecule has 3 rings (SSSR count). The molecule has 6 heteroatoms. The maximum absolute atomic E-state index is 4.53. The van der Waals surface area contributed by atoms with Gasteiger partial charge in [0.05, 0.1) is 23.0 Å². The summed E-state index contributed by atoms with van der Waals surface area (Å²) >= 11 is 1.68. The lowest BCUT2D eigenvalue weighted by molar-refractivity contribution is 0.609. The summed E-state index contributed by atoms with van der Waals surface area (Å²) in [4.78, 5) is 4.53. The van der Waals surface area contributed by atoms with Crippen LogP contribution in [0.1, 0.15) is 5.56 Å². The van der Waals surface area contributed by atoms with E-state index in [2.05, 4.69) is 45.7 Å². The van der Waals surface area contributed by atoms with Crippen molar-refractivity contribution < 1.29 is 0 Å². The van der Waals surface area contributed by atoms with Crippen molar-refractivity contribution in [2.45, 2.75) is 13.5 Å². The highest BCUT2D eigenvalue weighted by Crippen LogP contribution is 2.26. The summed E-state index contributed by atoms with van der Waals surface area (Å²) in [6.45, 7) is 3.67. The minimum absolute atomic E-state index is 0.787. The average molecular weight is 259 g/mol. The highest BCUT2D eigenvalue weighted by Gasteiger charge is 2.03. The van der Waals surface area contributed by atoms with Crippen LogP contribution in [0.2, 0.25) is 0 Å². The first-order chi connectivity index (χ1) is 8.81. The minimum atomic E-state index is 0.787. The van der Waals surface area contributed by atoms with Gasteiger partial charge < -0.3 is 5.32 Å². The van der Waals surface area contributed by atoms with E-state index in [-0.39, 0.29) is 0 Å². The van der Waals surface area contributed by atoms with Crippen molar-refractivity contribution in [2.24, 2.45) is 0 Å². The Hall–Kier alpha value is -1.95. The van der Waals surface area contributed by atoms with Crippen LogP contribution >= 0.6 is 11.3 Å². The number of hydrogen-bond acceptors (Lipinski definition) is 5. The van der Waals surface area contributed by atoms with Crippen molar-refractivity contribution >= 4 is 26.7 Å². The Balaban J connectivity index is 1.67. The molecule has 0 aliphatic carbocycles. The molecule has 0 saturated heterocycles. The molecule has 92 valence electrons.